The molecule has 74 valence electrons. The van der Waals surface area contributed by atoms with Crippen LogP contribution in [0.5, 0.6) is 0 Å². The van der Waals surface area contributed by atoms with E-state index in [9.17, 15) is 0 Å². The third-order valence-electron chi connectivity index (χ3n) is 2.80. The van der Waals surface area contributed by atoms with Crippen LogP contribution in [0.2, 0.25) is 0 Å². The summed E-state index contributed by atoms with van der Waals surface area (Å²) in [7, 11) is 0. The molecule has 1 aromatic rings. The second kappa shape index (κ2) is 4.18. The highest BCUT2D eigenvalue weighted by Gasteiger charge is 2.27. The van der Waals surface area contributed by atoms with E-state index < -0.39 is 0 Å². The largest absolute Gasteiger partial charge is 0.453 e. The van der Waals surface area contributed by atoms with Gasteiger partial charge in [-0.05, 0) is 50.8 Å². The molecular formula is C10H14Br2O. The van der Waals surface area contributed by atoms with Gasteiger partial charge in [-0.2, -0.15) is 0 Å². The highest BCUT2D eigenvalue weighted by atomic mass is 79.9. The smallest absolute Gasteiger partial charge is 0.183 e. The highest BCUT2D eigenvalue weighted by molar-refractivity contribution is 9.13. The van der Waals surface area contributed by atoms with Crippen molar-refractivity contribution in [1.82, 2.24) is 0 Å². The van der Waals surface area contributed by atoms with Crippen LogP contribution < -0.4 is 0 Å². The molecule has 1 rings (SSSR count). The summed E-state index contributed by atoms with van der Waals surface area (Å²) in [5.74, 6) is 1.05. The van der Waals surface area contributed by atoms with Crippen LogP contribution in [-0.4, -0.2) is 0 Å². The Morgan fingerprint density at radius 2 is 1.85 bits per heavy atom. The monoisotopic (exact) mass is 308 g/mol. The predicted octanol–water partition coefficient (Wildman–Crippen LogP) is 4.88. The van der Waals surface area contributed by atoms with E-state index in [1.807, 2.05) is 0 Å². The summed E-state index contributed by atoms with van der Waals surface area (Å²) in [5.41, 5.74) is 0.161. The first-order valence-corrected chi connectivity index (χ1v) is 6.07. The summed E-state index contributed by atoms with van der Waals surface area (Å²) in [5, 5.41) is 0. The average molecular weight is 310 g/mol. The Balaban J connectivity index is 3.05. The first kappa shape index (κ1) is 11.3. The van der Waals surface area contributed by atoms with Gasteiger partial charge in [-0.3, -0.25) is 0 Å². The van der Waals surface area contributed by atoms with Gasteiger partial charge in [-0.15, -0.1) is 0 Å². The molecule has 1 heterocycles. The van der Waals surface area contributed by atoms with Crippen LogP contribution in [0.1, 0.15) is 39.4 Å². The van der Waals surface area contributed by atoms with Gasteiger partial charge in [0.25, 0.3) is 0 Å². The molecule has 0 aliphatic carbocycles. The van der Waals surface area contributed by atoms with Crippen LogP contribution >= 0.6 is 31.9 Å². The van der Waals surface area contributed by atoms with Gasteiger partial charge >= 0.3 is 0 Å². The lowest BCUT2D eigenvalue weighted by Gasteiger charge is -2.23. The number of furan rings is 1. The lowest BCUT2D eigenvalue weighted by molar-refractivity contribution is 0.332. The minimum atomic E-state index is 0.161. The van der Waals surface area contributed by atoms with Gasteiger partial charge in [0.2, 0.25) is 0 Å². The van der Waals surface area contributed by atoms with Gasteiger partial charge in [-0.1, -0.05) is 20.8 Å². The molecule has 0 radical (unpaired) electrons. The average Bonchev–Trinajstić information content (AvgIpc) is 2.46. The Morgan fingerprint density at radius 1 is 1.31 bits per heavy atom. The summed E-state index contributed by atoms with van der Waals surface area (Å²) in [6.07, 6.45) is 2.19. The molecule has 1 nitrogen and oxygen atoms in total. The van der Waals surface area contributed by atoms with E-state index in [1.54, 1.807) is 0 Å². The molecule has 0 N–H and O–H groups in total. The van der Waals surface area contributed by atoms with E-state index in [2.05, 4.69) is 58.7 Å². The molecule has 0 unspecified atom stereocenters. The maximum Gasteiger partial charge on any atom is 0.183 e. The molecule has 13 heavy (non-hydrogen) atoms. The highest BCUT2D eigenvalue weighted by Crippen LogP contribution is 2.37. The zero-order valence-corrected chi connectivity index (χ0v) is 11.3. The molecule has 3 heteroatoms. The fourth-order valence-electron chi connectivity index (χ4n) is 1.24. The van der Waals surface area contributed by atoms with Gasteiger partial charge in [0.1, 0.15) is 5.76 Å². The topological polar surface area (TPSA) is 13.1 Å². The molecule has 0 saturated heterocycles. The lowest BCUT2D eigenvalue weighted by atomic mass is 9.82. The van der Waals surface area contributed by atoms with Crippen molar-refractivity contribution in [2.24, 2.45) is 0 Å². The third-order valence-corrected chi connectivity index (χ3v) is 4.51. The molecule has 0 aliphatic rings. The standard InChI is InChI=1S/C10H14Br2O/c1-4-10(3,5-2)8-6-7(11)9(12)13-8/h6H,4-5H2,1-3H3. The quantitative estimate of drug-likeness (QED) is 0.775. The molecule has 0 bridgehead atoms. The fraction of sp³-hybridized carbons (Fsp3) is 0.600. The maximum absolute atomic E-state index is 5.63. The van der Waals surface area contributed by atoms with Crippen LogP contribution in [0.3, 0.4) is 0 Å². The Labute approximate surface area is 96.2 Å². The Kier molecular flexibility index (Phi) is 3.64. The molecule has 1 aromatic heterocycles. The van der Waals surface area contributed by atoms with Crippen LogP contribution in [-0.2, 0) is 5.41 Å². The van der Waals surface area contributed by atoms with E-state index in [1.165, 1.54) is 0 Å². The predicted molar refractivity (Wildman–Crippen MR) is 62.0 cm³/mol. The molecule has 0 saturated carbocycles. The van der Waals surface area contributed by atoms with Crippen molar-refractivity contribution in [3.05, 3.63) is 21.0 Å². The lowest BCUT2D eigenvalue weighted by Crippen LogP contribution is -2.18. The number of halogens is 2. The van der Waals surface area contributed by atoms with Gasteiger partial charge in [0, 0.05) is 5.41 Å². The van der Waals surface area contributed by atoms with Crippen molar-refractivity contribution in [2.75, 3.05) is 0 Å². The zero-order valence-electron chi connectivity index (χ0n) is 8.16. The van der Waals surface area contributed by atoms with Crippen LogP contribution in [0.4, 0.5) is 0 Å². The van der Waals surface area contributed by atoms with E-state index in [4.69, 9.17) is 4.42 Å². The van der Waals surface area contributed by atoms with Crippen LogP contribution in [0.25, 0.3) is 0 Å². The van der Waals surface area contributed by atoms with Gasteiger partial charge in [-0.25, -0.2) is 0 Å². The van der Waals surface area contributed by atoms with Crippen molar-refractivity contribution >= 4 is 31.9 Å². The molecule has 0 spiro atoms. The Morgan fingerprint density at radius 3 is 2.15 bits per heavy atom. The van der Waals surface area contributed by atoms with Crippen molar-refractivity contribution in [3.8, 4) is 0 Å². The second-order valence-corrected chi connectivity index (χ2v) is 5.07. The van der Waals surface area contributed by atoms with Crippen molar-refractivity contribution in [3.63, 3.8) is 0 Å². The van der Waals surface area contributed by atoms with E-state index in [0.29, 0.717) is 0 Å². The SMILES string of the molecule is CCC(C)(CC)c1cc(Br)c(Br)o1. The Hall–Kier alpha value is 0.240. The minimum Gasteiger partial charge on any atom is -0.453 e. The van der Waals surface area contributed by atoms with E-state index in [0.717, 1.165) is 27.7 Å². The van der Waals surface area contributed by atoms with Crippen LogP contribution in [0, 0.1) is 0 Å². The molecule has 0 fully saturated rings. The molecule has 0 amide bonds. The fourth-order valence-corrected chi connectivity index (χ4v) is 1.82. The minimum absolute atomic E-state index is 0.161. The molecule has 0 atom stereocenters. The van der Waals surface area contributed by atoms with Gasteiger partial charge in [0.15, 0.2) is 4.67 Å². The third kappa shape index (κ3) is 2.18. The van der Waals surface area contributed by atoms with Gasteiger partial charge in [0.05, 0.1) is 4.47 Å². The second-order valence-electron chi connectivity index (χ2n) is 3.50. The summed E-state index contributed by atoms with van der Waals surface area (Å²) in [4.78, 5) is 0. The summed E-state index contributed by atoms with van der Waals surface area (Å²) < 4.78 is 7.41. The first-order chi connectivity index (χ1) is 6.03. The first-order valence-electron chi connectivity index (χ1n) is 4.48. The summed E-state index contributed by atoms with van der Waals surface area (Å²) in [6.45, 7) is 6.60. The maximum atomic E-state index is 5.63. The van der Waals surface area contributed by atoms with Crippen molar-refractivity contribution in [2.45, 2.75) is 39.0 Å². The van der Waals surface area contributed by atoms with Gasteiger partial charge < -0.3 is 4.42 Å². The number of hydrogen-bond donors (Lipinski definition) is 0. The normalized spacial score (nSPS) is 12.1. The van der Waals surface area contributed by atoms with Crippen molar-refractivity contribution < 1.29 is 4.42 Å². The summed E-state index contributed by atoms with van der Waals surface area (Å²) in [6, 6.07) is 2.05. The number of rotatable bonds is 3. The van der Waals surface area contributed by atoms with Crippen LogP contribution in [0.15, 0.2) is 19.6 Å². The summed E-state index contributed by atoms with van der Waals surface area (Å²) >= 11 is 6.78. The van der Waals surface area contributed by atoms with E-state index >= 15 is 0 Å². The van der Waals surface area contributed by atoms with Crippen molar-refractivity contribution in [1.29, 1.82) is 0 Å². The molecule has 0 aliphatic heterocycles. The zero-order chi connectivity index (χ0) is 10.1. The molecular weight excluding hydrogens is 296 g/mol. The number of hydrogen-bond acceptors (Lipinski definition) is 1. The molecule has 0 aromatic carbocycles. The van der Waals surface area contributed by atoms with E-state index in [-0.39, 0.29) is 5.41 Å². The Bertz CT molecular complexity index is 268.